The number of hydrogen-bond donors (Lipinski definition) is 0. The van der Waals surface area contributed by atoms with Crippen LogP contribution >= 0.6 is 0 Å². The first kappa shape index (κ1) is 11.8. The highest BCUT2D eigenvalue weighted by Crippen LogP contribution is 2.32. The molecule has 1 heterocycles. The average molecular weight is 245 g/mol. The third-order valence-corrected chi connectivity index (χ3v) is 2.11. The SMILES string of the molecule is CC(C)c1nc2cccc(OC(F)(F)F)c2o1. The number of nitrogens with zero attached hydrogens (tertiary/aromatic N) is 1. The zero-order valence-corrected chi connectivity index (χ0v) is 9.21. The monoisotopic (exact) mass is 245 g/mol. The van der Waals surface area contributed by atoms with Crippen molar-refractivity contribution in [2.75, 3.05) is 0 Å². The van der Waals surface area contributed by atoms with Crippen LogP contribution in [0.2, 0.25) is 0 Å². The highest BCUT2D eigenvalue weighted by atomic mass is 19.4. The van der Waals surface area contributed by atoms with Crippen LogP contribution in [0.4, 0.5) is 13.2 Å². The Morgan fingerprint density at radius 3 is 2.59 bits per heavy atom. The van der Waals surface area contributed by atoms with E-state index in [1.54, 1.807) is 6.07 Å². The Hall–Kier alpha value is -1.72. The van der Waals surface area contributed by atoms with Crippen LogP contribution in [0.1, 0.15) is 25.7 Å². The molecule has 2 aromatic rings. The maximum absolute atomic E-state index is 12.2. The second kappa shape index (κ2) is 3.94. The molecule has 0 N–H and O–H groups in total. The predicted molar refractivity (Wildman–Crippen MR) is 54.8 cm³/mol. The number of aromatic nitrogens is 1. The van der Waals surface area contributed by atoms with Gasteiger partial charge in [-0.25, -0.2) is 4.98 Å². The van der Waals surface area contributed by atoms with Gasteiger partial charge in [-0.15, -0.1) is 13.2 Å². The first-order chi connectivity index (χ1) is 7.87. The van der Waals surface area contributed by atoms with Gasteiger partial charge in [-0.3, -0.25) is 0 Å². The van der Waals surface area contributed by atoms with Gasteiger partial charge in [0.1, 0.15) is 5.52 Å². The molecule has 3 nitrogen and oxygen atoms in total. The lowest BCUT2D eigenvalue weighted by Crippen LogP contribution is -2.17. The molecule has 1 aromatic heterocycles. The lowest BCUT2D eigenvalue weighted by atomic mass is 10.2. The quantitative estimate of drug-likeness (QED) is 0.806. The molecular formula is C11H10F3NO2. The topological polar surface area (TPSA) is 35.3 Å². The van der Waals surface area contributed by atoms with E-state index in [-0.39, 0.29) is 17.3 Å². The highest BCUT2D eigenvalue weighted by molar-refractivity contribution is 5.79. The van der Waals surface area contributed by atoms with Gasteiger partial charge in [0.2, 0.25) is 0 Å². The van der Waals surface area contributed by atoms with E-state index < -0.39 is 6.36 Å². The molecule has 0 bridgehead atoms. The van der Waals surface area contributed by atoms with Gasteiger partial charge in [-0.2, -0.15) is 0 Å². The Balaban J connectivity index is 2.49. The summed E-state index contributed by atoms with van der Waals surface area (Å²) in [6.07, 6.45) is -4.74. The minimum absolute atomic E-state index is 0.00105. The maximum atomic E-state index is 12.2. The number of halogens is 3. The van der Waals surface area contributed by atoms with Crippen LogP contribution in [0.3, 0.4) is 0 Å². The van der Waals surface area contributed by atoms with Gasteiger partial charge in [0, 0.05) is 5.92 Å². The largest absolute Gasteiger partial charge is 0.573 e. The number of para-hydroxylation sites is 1. The minimum Gasteiger partial charge on any atom is -0.436 e. The van der Waals surface area contributed by atoms with Crippen molar-refractivity contribution in [2.24, 2.45) is 0 Å². The fourth-order valence-electron chi connectivity index (χ4n) is 1.39. The number of alkyl halides is 3. The van der Waals surface area contributed by atoms with E-state index in [2.05, 4.69) is 9.72 Å². The molecular weight excluding hydrogens is 235 g/mol. The Morgan fingerprint density at radius 1 is 1.29 bits per heavy atom. The van der Waals surface area contributed by atoms with Crippen molar-refractivity contribution in [3.05, 3.63) is 24.1 Å². The molecule has 6 heteroatoms. The van der Waals surface area contributed by atoms with Gasteiger partial charge in [-0.1, -0.05) is 19.9 Å². The standard InChI is InChI=1S/C11H10F3NO2/c1-6(2)10-15-7-4-3-5-8(9(7)16-10)17-11(12,13)14/h3-6H,1-2H3. The summed E-state index contributed by atoms with van der Waals surface area (Å²) in [5, 5.41) is 0. The average Bonchev–Trinajstić information content (AvgIpc) is 2.60. The predicted octanol–water partition coefficient (Wildman–Crippen LogP) is 3.85. The van der Waals surface area contributed by atoms with Crippen molar-refractivity contribution in [3.63, 3.8) is 0 Å². The summed E-state index contributed by atoms with van der Waals surface area (Å²) in [5.74, 6) is 0.0220. The Kier molecular flexibility index (Phi) is 2.73. The van der Waals surface area contributed by atoms with Gasteiger partial charge in [-0.05, 0) is 12.1 Å². The van der Waals surface area contributed by atoms with Crippen LogP contribution in [0.25, 0.3) is 11.1 Å². The Labute approximate surface area is 95.2 Å². The van der Waals surface area contributed by atoms with Crippen LogP contribution < -0.4 is 4.74 Å². The zero-order valence-electron chi connectivity index (χ0n) is 9.21. The molecule has 17 heavy (non-hydrogen) atoms. The van der Waals surface area contributed by atoms with Crippen molar-refractivity contribution < 1.29 is 22.3 Å². The summed E-state index contributed by atoms with van der Waals surface area (Å²) >= 11 is 0. The van der Waals surface area contributed by atoms with E-state index >= 15 is 0 Å². The summed E-state index contributed by atoms with van der Waals surface area (Å²) in [6, 6.07) is 4.22. The van der Waals surface area contributed by atoms with Crippen molar-refractivity contribution >= 4 is 11.1 Å². The van der Waals surface area contributed by atoms with Gasteiger partial charge >= 0.3 is 6.36 Å². The third kappa shape index (κ3) is 2.51. The number of ether oxygens (including phenoxy) is 1. The summed E-state index contributed by atoms with van der Waals surface area (Å²) in [7, 11) is 0. The number of rotatable bonds is 2. The Morgan fingerprint density at radius 2 is 2.00 bits per heavy atom. The molecule has 0 aliphatic rings. The van der Waals surface area contributed by atoms with Crippen molar-refractivity contribution in [3.8, 4) is 5.75 Å². The third-order valence-electron chi connectivity index (χ3n) is 2.11. The number of oxazole rings is 1. The number of hydrogen-bond acceptors (Lipinski definition) is 3. The molecule has 92 valence electrons. The Bertz CT molecular complexity index is 531. The second-order valence-electron chi connectivity index (χ2n) is 3.86. The highest BCUT2D eigenvalue weighted by Gasteiger charge is 2.32. The summed E-state index contributed by atoms with van der Waals surface area (Å²) in [4.78, 5) is 4.09. The van der Waals surface area contributed by atoms with Crippen LogP contribution in [-0.2, 0) is 0 Å². The molecule has 0 saturated carbocycles. The normalized spacial score (nSPS) is 12.4. The maximum Gasteiger partial charge on any atom is 0.573 e. The molecule has 0 saturated heterocycles. The van der Waals surface area contributed by atoms with Crippen molar-refractivity contribution in [1.29, 1.82) is 0 Å². The van der Waals surface area contributed by atoms with Crippen LogP contribution in [0.15, 0.2) is 22.6 Å². The number of fused-ring (bicyclic) bond motifs is 1. The van der Waals surface area contributed by atoms with Crippen LogP contribution in [0.5, 0.6) is 5.75 Å². The molecule has 0 amide bonds. The van der Waals surface area contributed by atoms with E-state index in [9.17, 15) is 13.2 Å². The van der Waals surface area contributed by atoms with Crippen LogP contribution in [0, 0.1) is 0 Å². The molecule has 0 spiro atoms. The molecule has 2 rings (SSSR count). The van der Waals surface area contributed by atoms with Crippen LogP contribution in [-0.4, -0.2) is 11.3 Å². The number of benzene rings is 1. The fraction of sp³-hybridized carbons (Fsp3) is 0.364. The van der Waals surface area contributed by atoms with Crippen molar-refractivity contribution in [1.82, 2.24) is 4.98 Å². The first-order valence-electron chi connectivity index (χ1n) is 5.02. The fourth-order valence-corrected chi connectivity index (χ4v) is 1.39. The van der Waals surface area contributed by atoms with E-state index in [0.717, 1.165) is 0 Å². The van der Waals surface area contributed by atoms with E-state index in [1.165, 1.54) is 12.1 Å². The molecule has 0 aliphatic carbocycles. The summed E-state index contributed by atoms with van der Waals surface area (Å²) < 4.78 is 45.6. The van der Waals surface area contributed by atoms with Gasteiger partial charge < -0.3 is 9.15 Å². The first-order valence-corrected chi connectivity index (χ1v) is 5.02. The minimum atomic E-state index is -4.74. The summed E-state index contributed by atoms with van der Waals surface area (Å²) in [5.41, 5.74) is 0.379. The van der Waals surface area contributed by atoms with Gasteiger partial charge in [0.25, 0.3) is 0 Å². The van der Waals surface area contributed by atoms with E-state index in [0.29, 0.717) is 11.4 Å². The van der Waals surface area contributed by atoms with Crippen molar-refractivity contribution in [2.45, 2.75) is 26.1 Å². The van der Waals surface area contributed by atoms with Gasteiger partial charge in [0.15, 0.2) is 17.2 Å². The second-order valence-corrected chi connectivity index (χ2v) is 3.86. The molecule has 0 unspecified atom stereocenters. The van der Waals surface area contributed by atoms with E-state index in [1.807, 2.05) is 13.8 Å². The molecule has 0 radical (unpaired) electrons. The molecule has 0 fully saturated rings. The van der Waals surface area contributed by atoms with E-state index in [4.69, 9.17) is 4.42 Å². The van der Waals surface area contributed by atoms with Gasteiger partial charge in [0.05, 0.1) is 0 Å². The molecule has 0 atom stereocenters. The molecule has 0 aliphatic heterocycles. The summed E-state index contributed by atoms with van der Waals surface area (Å²) in [6.45, 7) is 3.68. The zero-order chi connectivity index (χ0) is 12.6. The lowest BCUT2D eigenvalue weighted by molar-refractivity contribution is -0.274. The lowest BCUT2D eigenvalue weighted by Gasteiger charge is -2.08. The molecule has 1 aromatic carbocycles. The smallest absolute Gasteiger partial charge is 0.436 e.